The third-order valence-corrected chi connectivity index (χ3v) is 7.87. The molecule has 1 aromatic heterocycles. The maximum Gasteiger partial charge on any atom is 0.408 e. The zero-order valence-corrected chi connectivity index (χ0v) is 29.3. The van der Waals surface area contributed by atoms with Gasteiger partial charge < -0.3 is 34.7 Å². The summed E-state index contributed by atoms with van der Waals surface area (Å²) >= 11 is 0. The molecule has 4 rings (SSSR count). The lowest BCUT2D eigenvalue weighted by atomic mass is 9.96. The number of alkyl carbamates (subject to hydrolysis) is 2. The summed E-state index contributed by atoms with van der Waals surface area (Å²) in [7, 11) is 0. The first-order chi connectivity index (χ1) is 25.7. The van der Waals surface area contributed by atoms with Crippen molar-refractivity contribution in [2.45, 2.75) is 51.1 Å². The second-order valence-electron chi connectivity index (χ2n) is 11.9. The van der Waals surface area contributed by atoms with Gasteiger partial charge in [-0.1, -0.05) is 116 Å². The Morgan fingerprint density at radius 1 is 0.660 bits per heavy atom. The highest BCUT2D eigenvalue weighted by Crippen LogP contribution is 2.22. The predicted molar refractivity (Wildman–Crippen MR) is 193 cm³/mol. The summed E-state index contributed by atoms with van der Waals surface area (Å²) in [5.74, 6) is -1.95. The van der Waals surface area contributed by atoms with Gasteiger partial charge >= 0.3 is 24.1 Å². The number of ether oxygens (including phenoxy) is 4. The molecule has 0 radical (unpaired) electrons. The Morgan fingerprint density at radius 2 is 1.13 bits per heavy atom. The smallest absolute Gasteiger partial charge is 0.408 e. The predicted octanol–water partition coefficient (Wildman–Crippen LogP) is 4.62. The molecule has 0 aliphatic heterocycles. The fraction of sp³-hybridized carbons (Fsp3) is 0.244. The van der Waals surface area contributed by atoms with Crippen LogP contribution in [0.15, 0.2) is 129 Å². The molecule has 0 fully saturated rings. The number of benzene rings is 3. The third-order valence-electron chi connectivity index (χ3n) is 7.87. The second-order valence-corrected chi connectivity index (χ2v) is 11.9. The van der Waals surface area contributed by atoms with Gasteiger partial charge in [-0.3, -0.25) is 0 Å². The van der Waals surface area contributed by atoms with E-state index in [2.05, 4.69) is 23.8 Å². The molecule has 12 nitrogen and oxygen atoms in total. The summed E-state index contributed by atoms with van der Waals surface area (Å²) in [6.45, 7) is 7.22. The van der Waals surface area contributed by atoms with Crippen molar-refractivity contribution in [2.75, 3.05) is 13.2 Å². The zero-order chi connectivity index (χ0) is 37.8. The van der Waals surface area contributed by atoms with Crippen molar-refractivity contribution >= 4 is 24.1 Å². The Labute approximate surface area is 308 Å². The summed E-state index contributed by atoms with van der Waals surface area (Å²) in [4.78, 5) is 52.0. The number of nitrogens with zero attached hydrogens (tertiary/aromatic N) is 1. The zero-order valence-electron chi connectivity index (χ0n) is 29.3. The van der Waals surface area contributed by atoms with E-state index in [0.29, 0.717) is 12.1 Å². The van der Waals surface area contributed by atoms with Gasteiger partial charge in [-0.2, -0.15) is 0 Å². The summed E-state index contributed by atoms with van der Waals surface area (Å²) < 4.78 is 22.9. The van der Waals surface area contributed by atoms with Crippen LogP contribution < -0.4 is 20.3 Å². The summed E-state index contributed by atoms with van der Waals surface area (Å²) in [6, 6.07) is 25.1. The lowest BCUT2D eigenvalue weighted by molar-refractivity contribution is -0.691. The van der Waals surface area contributed by atoms with E-state index in [1.54, 1.807) is 47.2 Å². The Morgan fingerprint density at radius 3 is 1.64 bits per heavy atom. The van der Waals surface area contributed by atoms with Crippen molar-refractivity contribution in [3.05, 3.63) is 157 Å². The van der Waals surface area contributed by atoms with E-state index in [0.717, 1.165) is 16.7 Å². The lowest BCUT2D eigenvalue weighted by Gasteiger charge is -2.23. The van der Waals surface area contributed by atoms with Crippen LogP contribution in [0.25, 0.3) is 0 Å². The molecule has 4 aromatic rings. The largest absolute Gasteiger partial charge is 0.868 e. The van der Waals surface area contributed by atoms with E-state index in [-0.39, 0.29) is 51.3 Å². The van der Waals surface area contributed by atoms with Crippen molar-refractivity contribution < 1.29 is 47.8 Å². The quantitative estimate of drug-likeness (QED) is 0.0611. The molecule has 0 aliphatic rings. The summed E-state index contributed by atoms with van der Waals surface area (Å²) in [6.07, 6.45) is 4.02. The van der Waals surface area contributed by atoms with Gasteiger partial charge in [0.05, 0.1) is 0 Å². The minimum atomic E-state index is -1.31. The molecule has 0 spiro atoms. The number of amides is 2. The van der Waals surface area contributed by atoms with Crippen LogP contribution in [0.2, 0.25) is 0 Å². The van der Waals surface area contributed by atoms with Gasteiger partial charge in [-0.25, -0.2) is 23.7 Å². The molecule has 53 heavy (non-hydrogen) atoms. The molecular formula is C41H43N3O9. The normalized spacial score (nSPS) is 11.6. The summed E-state index contributed by atoms with van der Waals surface area (Å²) in [5.41, 5.74) is 3.09. The molecule has 2 atom stereocenters. The minimum absolute atomic E-state index is 0.00364. The van der Waals surface area contributed by atoms with Crippen molar-refractivity contribution in [1.29, 1.82) is 0 Å². The molecule has 0 bridgehead atoms. The van der Waals surface area contributed by atoms with Gasteiger partial charge in [0.2, 0.25) is 0 Å². The molecule has 0 saturated carbocycles. The maximum atomic E-state index is 13.8. The molecule has 2 amide bonds. The van der Waals surface area contributed by atoms with E-state index < -0.39 is 42.0 Å². The Bertz CT molecular complexity index is 1820. The summed E-state index contributed by atoms with van der Waals surface area (Å²) in [5, 5.41) is 18.9. The van der Waals surface area contributed by atoms with Crippen LogP contribution in [0, 0.1) is 0 Å². The average Bonchev–Trinajstić information content (AvgIpc) is 3.17. The fourth-order valence-corrected chi connectivity index (χ4v) is 5.28. The number of hydrogen-bond acceptors (Lipinski definition) is 9. The molecule has 0 aliphatic carbocycles. The third kappa shape index (κ3) is 13.3. The van der Waals surface area contributed by atoms with E-state index in [1.807, 2.05) is 54.6 Å². The van der Waals surface area contributed by atoms with Gasteiger partial charge in [0, 0.05) is 17.5 Å². The van der Waals surface area contributed by atoms with Crippen LogP contribution in [0.4, 0.5) is 9.59 Å². The molecule has 2 N–H and O–H groups in total. The highest BCUT2D eigenvalue weighted by Gasteiger charge is 2.28. The van der Waals surface area contributed by atoms with E-state index in [4.69, 9.17) is 18.9 Å². The van der Waals surface area contributed by atoms with Crippen molar-refractivity contribution in [3.63, 3.8) is 0 Å². The van der Waals surface area contributed by atoms with Crippen LogP contribution in [-0.2, 0) is 61.1 Å². The van der Waals surface area contributed by atoms with Gasteiger partial charge in [0.25, 0.3) is 0 Å². The highest BCUT2D eigenvalue weighted by atomic mass is 16.6. The molecule has 276 valence electrons. The van der Waals surface area contributed by atoms with E-state index >= 15 is 0 Å². The van der Waals surface area contributed by atoms with E-state index in [9.17, 15) is 24.3 Å². The number of carbonyl (C=O) groups excluding carboxylic acids is 4. The minimum Gasteiger partial charge on any atom is -0.868 e. The number of carbonyl (C=O) groups is 4. The first-order valence-corrected chi connectivity index (χ1v) is 17.0. The van der Waals surface area contributed by atoms with Crippen LogP contribution in [0.3, 0.4) is 0 Å². The lowest BCUT2D eigenvalue weighted by Crippen LogP contribution is -2.45. The molecule has 12 heteroatoms. The molecular weight excluding hydrogens is 678 g/mol. The van der Waals surface area contributed by atoms with Gasteiger partial charge in [-0.05, 0) is 35.3 Å². The van der Waals surface area contributed by atoms with Gasteiger partial charge in [0.15, 0.2) is 18.9 Å². The number of pyridine rings is 1. The van der Waals surface area contributed by atoms with E-state index in [1.165, 1.54) is 18.3 Å². The van der Waals surface area contributed by atoms with Crippen molar-refractivity contribution in [3.8, 4) is 5.75 Å². The number of aryl methyl sites for hydroxylation is 1. The topological polar surface area (TPSA) is 156 Å². The Kier molecular flexibility index (Phi) is 15.6. The maximum absolute atomic E-state index is 13.8. The Hall–Kier alpha value is -6.43. The van der Waals surface area contributed by atoms with Crippen LogP contribution >= 0.6 is 0 Å². The van der Waals surface area contributed by atoms with Gasteiger partial charge in [0.1, 0.15) is 38.5 Å². The van der Waals surface area contributed by atoms with Crippen LogP contribution in [-0.4, -0.2) is 49.4 Å². The molecule has 1 heterocycles. The first kappa shape index (κ1) is 39.4. The SMILES string of the molecule is C=CCOC(=O)[C@H](CCc1c[n+](Cc2ccccc2)cc([O-])c1C[C@H](NC(=O)OCc1ccccc1)C(=O)OCC=C)NC(=O)OCc1ccccc1. The first-order valence-electron chi connectivity index (χ1n) is 17.0. The number of hydrogen-bond donors (Lipinski definition) is 2. The van der Waals surface area contributed by atoms with Crippen molar-refractivity contribution in [1.82, 2.24) is 10.6 Å². The van der Waals surface area contributed by atoms with Crippen LogP contribution in [0.1, 0.15) is 34.2 Å². The second kappa shape index (κ2) is 21.1. The number of esters is 2. The Balaban J connectivity index is 1.60. The standard InChI is InChI=1S/C41H43N3O9/c1-3-22-50-38(46)35(42-40(48)52-28-31-16-10-6-11-17-31)21-20-33-26-44(25-30-14-8-5-9-15-30)27-37(45)34(33)24-36(39(47)51-23-4-2)43-41(49)53-29-32-18-12-7-13-19-32/h3-19,26-27,35-36H,1-2,20-25,28-29H2,(H2-,42,43,45,48,49)/t35-,36-/m0/s1. The van der Waals surface area contributed by atoms with Gasteiger partial charge in [-0.15, -0.1) is 0 Å². The fourth-order valence-electron chi connectivity index (χ4n) is 5.28. The monoisotopic (exact) mass is 721 g/mol. The number of nitrogens with one attached hydrogen (secondary N) is 2. The molecule has 3 aromatic carbocycles. The average molecular weight is 722 g/mol. The number of rotatable bonds is 19. The molecule has 0 saturated heterocycles. The van der Waals surface area contributed by atoms with Crippen molar-refractivity contribution in [2.24, 2.45) is 0 Å². The highest BCUT2D eigenvalue weighted by molar-refractivity contribution is 5.82. The number of aromatic nitrogens is 1. The van der Waals surface area contributed by atoms with Crippen LogP contribution in [0.5, 0.6) is 5.75 Å². The molecule has 0 unspecified atom stereocenters.